The molecule has 3 nitrogen and oxygen atoms in total. The third-order valence-corrected chi connectivity index (χ3v) is 3.89. The molecule has 0 aliphatic carbocycles. The first-order valence-electron chi connectivity index (χ1n) is 5.73. The molecule has 1 aliphatic rings. The monoisotopic (exact) mass is 239 g/mol. The average Bonchev–Trinajstić information content (AvgIpc) is 2.83. The molecule has 2 heterocycles. The van der Waals surface area contributed by atoms with Crippen molar-refractivity contribution < 1.29 is 9.90 Å². The van der Waals surface area contributed by atoms with E-state index in [-0.39, 0.29) is 12.5 Å². The number of hydrogen-bond acceptors (Lipinski definition) is 3. The highest BCUT2D eigenvalue weighted by molar-refractivity contribution is 7.08. The van der Waals surface area contributed by atoms with Crippen LogP contribution < -0.4 is 0 Å². The van der Waals surface area contributed by atoms with Crippen molar-refractivity contribution in [2.45, 2.75) is 19.3 Å². The molecule has 1 saturated heterocycles. The van der Waals surface area contributed by atoms with Gasteiger partial charge < -0.3 is 10.0 Å². The standard InChI is InChI=1S/C12H17NO2S/c14-7-3-10-1-5-13(6-2-10)12(15)11-4-8-16-9-11/h4,8-10,14H,1-3,5-7H2. The van der Waals surface area contributed by atoms with Gasteiger partial charge in [0.15, 0.2) is 0 Å². The number of piperidine rings is 1. The van der Waals surface area contributed by atoms with Gasteiger partial charge in [0, 0.05) is 25.1 Å². The van der Waals surface area contributed by atoms with E-state index in [9.17, 15) is 4.79 Å². The van der Waals surface area contributed by atoms with Crippen LogP contribution in [0.15, 0.2) is 16.8 Å². The van der Waals surface area contributed by atoms with Gasteiger partial charge in [0.05, 0.1) is 5.56 Å². The van der Waals surface area contributed by atoms with Crippen molar-refractivity contribution in [1.29, 1.82) is 0 Å². The van der Waals surface area contributed by atoms with Gasteiger partial charge in [0.2, 0.25) is 0 Å². The van der Waals surface area contributed by atoms with E-state index < -0.39 is 0 Å². The molecular formula is C12H17NO2S. The minimum Gasteiger partial charge on any atom is -0.396 e. The molecule has 0 spiro atoms. The SMILES string of the molecule is O=C(c1ccsc1)N1CCC(CCO)CC1. The lowest BCUT2D eigenvalue weighted by molar-refractivity contribution is 0.0678. The number of thiophene rings is 1. The average molecular weight is 239 g/mol. The Balaban J connectivity index is 1.87. The maximum Gasteiger partial charge on any atom is 0.254 e. The van der Waals surface area contributed by atoms with Crippen LogP contribution in [0.5, 0.6) is 0 Å². The van der Waals surface area contributed by atoms with E-state index in [1.54, 1.807) is 11.3 Å². The van der Waals surface area contributed by atoms with Gasteiger partial charge in [-0.3, -0.25) is 4.79 Å². The Morgan fingerprint density at radius 1 is 1.50 bits per heavy atom. The summed E-state index contributed by atoms with van der Waals surface area (Å²) in [6.07, 6.45) is 2.92. The van der Waals surface area contributed by atoms with Crippen LogP contribution in [0, 0.1) is 5.92 Å². The number of aliphatic hydroxyl groups is 1. The summed E-state index contributed by atoms with van der Waals surface area (Å²) < 4.78 is 0. The molecule has 1 aromatic heterocycles. The molecule has 0 aromatic carbocycles. The Morgan fingerprint density at radius 2 is 2.25 bits per heavy atom. The second-order valence-corrected chi connectivity index (χ2v) is 5.04. The molecule has 88 valence electrons. The summed E-state index contributed by atoms with van der Waals surface area (Å²) in [5.74, 6) is 0.750. The number of hydrogen-bond donors (Lipinski definition) is 1. The van der Waals surface area contributed by atoms with Crippen LogP contribution >= 0.6 is 11.3 Å². The first-order valence-corrected chi connectivity index (χ1v) is 6.68. The van der Waals surface area contributed by atoms with E-state index in [0.29, 0.717) is 5.92 Å². The summed E-state index contributed by atoms with van der Waals surface area (Å²) in [6, 6.07) is 1.88. The molecule has 1 aromatic rings. The third kappa shape index (κ3) is 2.62. The predicted octanol–water partition coefficient (Wildman–Crippen LogP) is 1.98. The van der Waals surface area contributed by atoms with Crippen LogP contribution in [-0.4, -0.2) is 35.6 Å². The van der Waals surface area contributed by atoms with Gasteiger partial charge in [-0.2, -0.15) is 11.3 Å². The van der Waals surface area contributed by atoms with Crippen LogP contribution in [0.1, 0.15) is 29.6 Å². The maximum absolute atomic E-state index is 12.0. The van der Waals surface area contributed by atoms with Crippen molar-refractivity contribution in [3.05, 3.63) is 22.4 Å². The number of carbonyl (C=O) groups is 1. The van der Waals surface area contributed by atoms with Gasteiger partial charge in [-0.05, 0) is 36.6 Å². The first-order chi connectivity index (χ1) is 7.81. The number of carbonyl (C=O) groups excluding carboxylic acids is 1. The Kier molecular flexibility index (Phi) is 3.96. The van der Waals surface area contributed by atoms with E-state index >= 15 is 0 Å². The third-order valence-electron chi connectivity index (χ3n) is 3.21. The molecule has 0 radical (unpaired) electrons. The zero-order valence-corrected chi connectivity index (χ0v) is 10.1. The van der Waals surface area contributed by atoms with E-state index in [0.717, 1.165) is 37.9 Å². The highest BCUT2D eigenvalue weighted by Crippen LogP contribution is 2.21. The van der Waals surface area contributed by atoms with Gasteiger partial charge >= 0.3 is 0 Å². The van der Waals surface area contributed by atoms with Crippen molar-refractivity contribution in [2.24, 2.45) is 5.92 Å². The Hall–Kier alpha value is -0.870. The largest absolute Gasteiger partial charge is 0.396 e. The zero-order valence-electron chi connectivity index (χ0n) is 9.26. The number of amides is 1. The fraction of sp³-hybridized carbons (Fsp3) is 0.583. The molecule has 0 atom stereocenters. The smallest absolute Gasteiger partial charge is 0.254 e. The number of nitrogens with zero attached hydrogens (tertiary/aromatic N) is 1. The van der Waals surface area contributed by atoms with E-state index in [1.807, 2.05) is 21.7 Å². The topological polar surface area (TPSA) is 40.5 Å². The van der Waals surface area contributed by atoms with Gasteiger partial charge in [0.25, 0.3) is 5.91 Å². The molecule has 0 saturated carbocycles. The number of rotatable bonds is 3. The van der Waals surface area contributed by atoms with Crippen molar-refractivity contribution in [1.82, 2.24) is 4.90 Å². The highest BCUT2D eigenvalue weighted by atomic mass is 32.1. The minimum absolute atomic E-state index is 0.156. The fourth-order valence-electron chi connectivity index (χ4n) is 2.18. The lowest BCUT2D eigenvalue weighted by Crippen LogP contribution is -2.38. The lowest BCUT2D eigenvalue weighted by Gasteiger charge is -2.31. The van der Waals surface area contributed by atoms with Crippen molar-refractivity contribution in [3.63, 3.8) is 0 Å². The Labute approximate surface area is 99.7 Å². The second-order valence-electron chi connectivity index (χ2n) is 4.26. The summed E-state index contributed by atoms with van der Waals surface area (Å²) in [5, 5.41) is 12.7. The van der Waals surface area contributed by atoms with Gasteiger partial charge in [-0.1, -0.05) is 0 Å². The summed E-state index contributed by atoms with van der Waals surface area (Å²) in [6.45, 7) is 1.93. The Morgan fingerprint density at radius 3 is 2.81 bits per heavy atom. The molecule has 1 fully saturated rings. The van der Waals surface area contributed by atoms with E-state index in [4.69, 9.17) is 5.11 Å². The van der Waals surface area contributed by atoms with Crippen LogP contribution in [0.3, 0.4) is 0 Å². The summed E-state index contributed by atoms with van der Waals surface area (Å²) in [5.41, 5.74) is 0.811. The molecule has 0 bridgehead atoms. The maximum atomic E-state index is 12.0. The molecule has 0 unspecified atom stereocenters. The quantitative estimate of drug-likeness (QED) is 0.876. The zero-order chi connectivity index (χ0) is 11.4. The number of likely N-dealkylation sites (tertiary alicyclic amines) is 1. The molecule has 1 N–H and O–H groups in total. The predicted molar refractivity (Wildman–Crippen MR) is 64.6 cm³/mol. The Bertz CT molecular complexity index is 329. The fourth-order valence-corrected chi connectivity index (χ4v) is 2.81. The first kappa shape index (κ1) is 11.6. The van der Waals surface area contributed by atoms with Crippen LogP contribution in [0.2, 0.25) is 0 Å². The molecule has 2 rings (SSSR count). The van der Waals surface area contributed by atoms with Gasteiger partial charge in [-0.15, -0.1) is 0 Å². The molecule has 4 heteroatoms. The van der Waals surface area contributed by atoms with E-state index in [2.05, 4.69) is 0 Å². The molecular weight excluding hydrogens is 222 g/mol. The summed E-state index contributed by atoms with van der Waals surface area (Å²) in [7, 11) is 0. The summed E-state index contributed by atoms with van der Waals surface area (Å²) in [4.78, 5) is 13.9. The molecule has 1 amide bonds. The van der Waals surface area contributed by atoms with Crippen LogP contribution in [0.4, 0.5) is 0 Å². The molecule has 1 aliphatic heterocycles. The van der Waals surface area contributed by atoms with E-state index in [1.165, 1.54) is 0 Å². The molecule has 16 heavy (non-hydrogen) atoms. The summed E-state index contributed by atoms with van der Waals surface area (Å²) >= 11 is 1.56. The van der Waals surface area contributed by atoms with Gasteiger partial charge in [0.1, 0.15) is 0 Å². The van der Waals surface area contributed by atoms with Crippen molar-refractivity contribution in [3.8, 4) is 0 Å². The second kappa shape index (κ2) is 5.46. The van der Waals surface area contributed by atoms with Crippen molar-refractivity contribution in [2.75, 3.05) is 19.7 Å². The van der Waals surface area contributed by atoms with Crippen LogP contribution in [0.25, 0.3) is 0 Å². The lowest BCUT2D eigenvalue weighted by atomic mass is 9.94. The number of aliphatic hydroxyl groups excluding tert-OH is 1. The van der Waals surface area contributed by atoms with Gasteiger partial charge in [-0.25, -0.2) is 0 Å². The van der Waals surface area contributed by atoms with Crippen LogP contribution in [-0.2, 0) is 0 Å². The minimum atomic E-state index is 0.156. The normalized spacial score (nSPS) is 17.7. The van der Waals surface area contributed by atoms with Crippen molar-refractivity contribution >= 4 is 17.2 Å². The highest BCUT2D eigenvalue weighted by Gasteiger charge is 2.23.